The van der Waals surface area contributed by atoms with E-state index in [2.05, 4.69) is 25.5 Å². The van der Waals surface area contributed by atoms with Crippen LogP contribution in [0.3, 0.4) is 0 Å². The summed E-state index contributed by atoms with van der Waals surface area (Å²) in [6.07, 6.45) is 1.65. The summed E-state index contributed by atoms with van der Waals surface area (Å²) in [7, 11) is 0. The zero-order valence-corrected chi connectivity index (χ0v) is 16.1. The van der Waals surface area contributed by atoms with Crippen molar-refractivity contribution in [3.63, 3.8) is 0 Å². The van der Waals surface area contributed by atoms with Crippen LogP contribution in [0.1, 0.15) is 31.2 Å². The van der Waals surface area contributed by atoms with Crippen molar-refractivity contribution in [3.05, 3.63) is 36.0 Å². The van der Waals surface area contributed by atoms with Crippen molar-refractivity contribution in [2.45, 2.75) is 43.9 Å². The largest absolute Gasteiger partial charge is 0.507 e. The van der Waals surface area contributed by atoms with Crippen LogP contribution in [0.25, 0.3) is 16.8 Å². The molecule has 2 aliphatic rings. The van der Waals surface area contributed by atoms with Gasteiger partial charge in [-0.05, 0) is 50.1 Å². The molecule has 0 bridgehead atoms. The molecule has 2 aliphatic heterocycles. The van der Waals surface area contributed by atoms with Gasteiger partial charge >= 0.3 is 6.18 Å². The number of halogens is 3. The lowest BCUT2D eigenvalue weighted by atomic mass is 9.99. The fourth-order valence-electron chi connectivity index (χ4n) is 4.61. The fraction of sp³-hybridized carbons (Fsp3) is 0.450. The summed E-state index contributed by atoms with van der Waals surface area (Å²) in [5, 5.41) is 26.5. The first kappa shape index (κ1) is 19.1. The summed E-state index contributed by atoms with van der Waals surface area (Å²) in [5.41, 5.74) is 0.0840. The highest BCUT2D eigenvalue weighted by molar-refractivity contribution is 5.80. The number of phenols is 1. The van der Waals surface area contributed by atoms with Crippen LogP contribution in [0.5, 0.6) is 5.75 Å². The van der Waals surface area contributed by atoms with E-state index in [1.54, 1.807) is 16.8 Å². The van der Waals surface area contributed by atoms with Crippen LogP contribution >= 0.6 is 0 Å². The van der Waals surface area contributed by atoms with Crippen LogP contribution in [0.4, 0.5) is 19.1 Å². The summed E-state index contributed by atoms with van der Waals surface area (Å²) in [4.78, 5) is 2.50. The van der Waals surface area contributed by atoms with Gasteiger partial charge in [-0.15, -0.1) is 10.2 Å². The molecule has 2 fully saturated rings. The number of nitrogens with zero attached hydrogens (tertiary/aromatic N) is 5. The van der Waals surface area contributed by atoms with Gasteiger partial charge in [-0.25, -0.2) is 0 Å². The summed E-state index contributed by atoms with van der Waals surface area (Å²) >= 11 is 0. The zero-order chi connectivity index (χ0) is 20.9. The number of fused-ring (bicyclic) bond motifs is 2. The Bertz CT molecular complexity index is 1080. The highest BCUT2D eigenvalue weighted by atomic mass is 19.4. The topological polar surface area (TPSA) is 78.6 Å². The third-order valence-electron chi connectivity index (χ3n) is 6.08. The second-order valence-corrected chi connectivity index (χ2v) is 7.87. The summed E-state index contributed by atoms with van der Waals surface area (Å²) < 4.78 is 40.3. The van der Waals surface area contributed by atoms with Crippen LogP contribution < -0.4 is 5.32 Å². The van der Waals surface area contributed by atoms with Gasteiger partial charge in [-0.1, -0.05) is 6.42 Å². The van der Waals surface area contributed by atoms with Crippen LogP contribution in [0.15, 0.2) is 30.5 Å². The summed E-state index contributed by atoms with van der Waals surface area (Å²) in [6.45, 7) is 2.17. The number of hydrogen-bond acceptors (Lipinski definition) is 6. The maximum Gasteiger partial charge on any atom is 0.416 e. The van der Waals surface area contributed by atoms with E-state index in [9.17, 15) is 18.3 Å². The molecule has 2 aromatic heterocycles. The monoisotopic (exact) mass is 418 g/mol. The van der Waals surface area contributed by atoms with Crippen molar-refractivity contribution in [3.8, 4) is 17.0 Å². The number of alkyl halides is 3. The first-order valence-corrected chi connectivity index (χ1v) is 10.0. The Morgan fingerprint density at radius 3 is 2.73 bits per heavy atom. The highest BCUT2D eigenvalue weighted by Crippen LogP contribution is 2.37. The molecule has 4 heterocycles. The normalized spacial score (nSPS) is 22.4. The lowest BCUT2D eigenvalue weighted by Crippen LogP contribution is -2.42. The Labute approximate surface area is 170 Å². The number of hydrogen-bond donors (Lipinski definition) is 2. The minimum absolute atomic E-state index is 0.173. The van der Waals surface area contributed by atoms with Crippen LogP contribution in [-0.2, 0) is 6.18 Å². The lowest BCUT2D eigenvalue weighted by Gasteiger charge is -2.32. The van der Waals surface area contributed by atoms with Gasteiger partial charge in [0.1, 0.15) is 11.4 Å². The number of aromatic nitrogens is 4. The lowest BCUT2D eigenvalue weighted by molar-refractivity contribution is -0.137. The molecule has 0 amide bonds. The predicted octanol–water partition coefficient (Wildman–Crippen LogP) is 3.55. The predicted molar refractivity (Wildman–Crippen MR) is 104 cm³/mol. The van der Waals surface area contributed by atoms with E-state index >= 15 is 0 Å². The first-order chi connectivity index (χ1) is 14.4. The maximum atomic E-state index is 12.9. The minimum atomic E-state index is -4.53. The number of phenolic OH excluding ortho intramolecular Hbond substituents is 1. The summed E-state index contributed by atoms with van der Waals surface area (Å²) in [5.74, 6) is -0.0147. The van der Waals surface area contributed by atoms with Gasteiger partial charge in [-0.3, -0.25) is 4.90 Å². The molecule has 7 nitrogen and oxygen atoms in total. The van der Waals surface area contributed by atoms with Gasteiger partial charge in [0.2, 0.25) is 5.95 Å². The van der Waals surface area contributed by atoms with Crippen LogP contribution in [0, 0.1) is 0 Å². The molecule has 3 aromatic rings. The van der Waals surface area contributed by atoms with E-state index in [1.165, 1.54) is 18.9 Å². The molecule has 2 atom stereocenters. The second-order valence-electron chi connectivity index (χ2n) is 7.87. The Hall–Kier alpha value is -2.88. The van der Waals surface area contributed by atoms with Gasteiger partial charge in [-0.2, -0.15) is 22.8 Å². The van der Waals surface area contributed by atoms with Gasteiger partial charge in [0.05, 0.1) is 17.3 Å². The number of aromatic hydroxyl groups is 1. The Morgan fingerprint density at radius 1 is 1.07 bits per heavy atom. The summed E-state index contributed by atoms with van der Waals surface area (Å²) in [6, 6.07) is 5.24. The zero-order valence-electron chi connectivity index (χ0n) is 16.1. The van der Waals surface area contributed by atoms with Crippen LogP contribution in [0.2, 0.25) is 0 Å². The van der Waals surface area contributed by atoms with E-state index in [4.69, 9.17) is 0 Å². The molecular formula is C20H21F3N6O. The fourth-order valence-corrected chi connectivity index (χ4v) is 4.61. The van der Waals surface area contributed by atoms with Crippen molar-refractivity contribution in [2.75, 3.05) is 18.4 Å². The van der Waals surface area contributed by atoms with Crippen molar-refractivity contribution in [1.82, 2.24) is 24.7 Å². The maximum absolute atomic E-state index is 12.9. The third-order valence-corrected chi connectivity index (χ3v) is 6.08. The molecule has 0 saturated carbocycles. The quantitative estimate of drug-likeness (QED) is 0.677. The molecule has 30 heavy (non-hydrogen) atoms. The van der Waals surface area contributed by atoms with E-state index in [1.807, 2.05) is 0 Å². The SMILES string of the molecule is Oc1cc(C(F)(F)F)ccc1-c1nnc(N[C@H]2CCN3CCCC[C@H]23)n2nccc12. The van der Waals surface area contributed by atoms with Crippen molar-refractivity contribution in [1.29, 1.82) is 0 Å². The van der Waals surface area contributed by atoms with Gasteiger partial charge < -0.3 is 10.4 Å². The van der Waals surface area contributed by atoms with E-state index in [0.29, 0.717) is 23.6 Å². The molecule has 10 heteroatoms. The number of anilines is 1. The van der Waals surface area contributed by atoms with E-state index in [-0.39, 0.29) is 17.3 Å². The first-order valence-electron chi connectivity index (χ1n) is 10.0. The van der Waals surface area contributed by atoms with E-state index in [0.717, 1.165) is 32.0 Å². The number of piperidine rings is 1. The Morgan fingerprint density at radius 2 is 1.93 bits per heavy atom. The molecular weight excluding hydrogens is 397 g/mol. The molecule has 0 unspecified atom stereocenters. The third kappa shape index (κ3) is 3.24. The highest BCUT2D eigenvalue weighted by Gasteiger charge is 2.36. The average molecular weight is 418 g/mol. The Kier molecular flexibility index (Phi) is 4.53. The molecule has 158 valence electrons. The minimum Gasteiger partial charge on any atom is -0.507 e. The molecule has 2 saturated heterocycles. The van der Waals surface area contributed by atoms with Crippen molar-refractivity contribution < 1.29 is 18.3 Å². The Balaban J connectivity index is 1.48. The molecule has 0 radical (unpaired) electrons. The van der Waals surface area contributed by atoms with Gasteiger partial charge in [0.15, 0.2) is 0 Å². The number of nitrogens with one attached hydrogen (secondary N) is 1. The number of rotatable bonds is 3. The average Bonchev–Trinajstić information content (AvgIpc) is 3.36. The standard InChI is InChI=1S/C20H21F3N6O/c21-20(22,23)12-4-5-13(17(30)11-12)18-16-6-8-24-29(16)19(27-26-18)25-14-7-10-28-9-2-1-3-15(14)28/h4-6,8,11,14-15,30H,1-3,7,9-10H2,(H,25,27)/t14-,15+/m0/s1. The smallest absolute Gasteiger partial charge is 0.416 e. The molecule has 1 aromatic carbocycles. The molecule has 5 rings (SSSR count). The molecule has 0 aliphatic carbocycles. The van der Waals surface area contributed by atoms with Crippen molar-refractivity contribution >= 4 is 11.5 Å². The van der Waals surface area contributed by atoms with Crippen molar-refractivity contribution in [2.24, 2.45) is 0 Å². The number of benzene rings is 1. The molecule has 2 N–H and O–H groups in total. The second kappa shape index (κ2) is 7.12. The van der Waals surface area contributed by atoms with E-state index < -0.39 is 17.5 Å². The molecule has 0 spiro atoms. The van der Waals surface area contributed by atoms with Crippen LogP contribution in [-0.4, -0.2) is 55.0 Å². The van der Waals surface area contributed by atoms with Gasteiger partial charge in [0.25, 0.3) is 0 Å². The van der Waals surface area contributed by atoms with Gasteiger partial charge in [0, 0.05) is 24.2 Å².